The van der Waals surface area contributed by atoms with E-state index in [9.17, 15) is 9.59 Å². The van der Waals surface area contributed by atoms with Crippen LogP contribution in [0.15, 0.2) is 0 Å². The van der Waals surface area contributed by atoms with Gasteiger partial charge in [-0.2, -0.15) is 0 Å². The maximum absolute atomic E-state index is 11.8. The molecule has 0 spiro atoms. The number of carboxylic acid groups (broad SMARTS) is 1. The number of amides is 2. The van der Waals surface area contributed by atoms with Crippen LogP contribution in [-0.2, 0) is 4.79 Å². The summed E-state index contributed by atoms with van der Waals surface area (Å²) in [7, 11) is 0. The molecule has 5 heteroatoms. The van der Waals surface area contributed by atoms with E-state index in [1.54, 1.807) is 4.90 Å². The van der Waals surface area contributed by atoms with Crippen LogP contribution in [-0.4, -0.2) is 40.6 Å². The van der Waals surface area contributed by atoms with Gasteiger partial charge in [0.1, 0.15) is 6.04 Å². The lowest BCUT2D eigenvalue weighted by molar-refractivity contribution is -0.138. The molecule has 0 aliphatic carbocycles. The van der Waals surface area contributed by atoms with Crippen molar-refractivity contribution in [3.63, 3.8) is 0 Å². The lowest BCUT2D eigenvalue weighted by Gasteiger charge is -2.35. The summed E-state index contributed by atoms with van der Waals surface area (Å²) >= 11 is 0. The summed E-state index contributed by atoms with van der Waals surface area (Å²) in [6, 6.07) is -0.817. The molecule has 92 valence electrons. The number of piperidine rings is 1. The predicted octanol–water partition coefficient (Wildman–Crippen LogP) is 1.43. The van der Waals surface area contributed by atoms with Gasteiger partial charge in [0.05, 0.1) is 0 Å². The Morgan fingerprint density at radius 3 is 2.75 bits per heavy atom. The second-order valence-corrected chi connectivity index (χ2v) is 4.26. The van der Waals surface area contributed by atoms with Crippen LogP contribution in [0.1, 0.15) is 39.5 Å². The van der Waals surface area contributed by atoms with Gasteiger partial charge in [-0.3, -0.25) is 4.79 Å². The molecule has 1 aliphatic heterocycles. The van der Waals surface area contributed by atoms with Gasteiger partial charge in [-0.15, -0.1) is 0 Å². The molecule has 0 aromatic heterocycles. The topological polar surface area (TPSA) is 69.6 Å². The van der Waals surface area contributed by atoms with Gasteiger partial charge in [-0.25, -0.2) is 4.79 Å². The molecule has 1 rings (SSSR count). The summed E-state index contributed by atoms with van der Waals surface area (Å²) in [5.74, 6) is -1.00. The van der Waals surface area contributed by atoms with Crippen LogP contribution < -0.4 is 5.32 Å². The Morgan fingerprint density at radius 2 is 2.19 bits per heavy atom. The number of carbonyl (C=O) groups is 2. The maximum atomic E-state index is 11.8. The van der Waals surface area contributed by atoms with E-state index in [2.05, 4.69) is 12.2 Å². The van der Waals surface area contributed by atoms with Gasteiger partial charge in [0.25, 0.3) is 0 Å². The van der Waals surface area contributed by atoms with Crippen LogP contribution in [0.4, 0.5) is 4.79 Å². The van der Waals surface area contributed by atoms with E-state index in [0.29, 0.717) is 0 Å². The number of aliphatic carboxylic acids is 1. The molecule has 0 bridgehead atoms. The molecule has 1 saturated heterocycles. The average molecular weight is 228 g/mol. The third kappa shape index (κ3) is 3.12. The summed E-state index contributed by atoms with van der Waals surface area (Å²) in [6.07, 6.45) is 4.10. The number of hydrogen-bond donors (Lipinski definition) is 2. The normalized spacial score (nSPS) is 22.6. The molecule has 0 radical (unpaired) electrons. The Kier molecular flexibility index (Phi) is 4.58. The van der Waals surface area contributed by atoms with Gasteiger partial charge in [0.15, 0.2) is 0 Å². The fraction of sp³-hybridized carbons (Fsp3) is 0.818. The number of nitrogens with one attached hydrogen (secondary N) is 1. The highest BCUT2D eigenvalue weighted by atomic mass is 16.4. The lowest BCUT2D eigenvalue weighted by Crippen LogP contribution is -2.52. The van der Waals surface area contributed by atoms with Gasteiger partial charge in [-0.1, -0.05) is 6.92 Å². The first kappa shape index (κ1) is 12.8. The lowest BCUT2D eigenvalue weighted by atomic mass is 10.0. The highest BCUT2D eigenvalue weighted by molar-refractivity contribution is 5.82. The number of carboxylic acids is 1. The zero-order valence-electron chi connectivity index (χ0n) is 9.90. The molecule has 16 heavy (non-hydrogen) atoms. The van der Waals surface area contributed by atoms with E-state index >= 15 is 0 Å². The van der Waals surface area contributed by atoms with Crippen LogP contribution in [0.25, 0.3) is 0 Å². The number of carbonyl (C=O) groups excluding carboxylic acids is 1. The van der Waals surface area contributed by atoms with Crippen molar-refractivity contribution >= 4 is 12.0 Å². The van der Waals surface area contributed by atoms with Crippen LogP contribution in [0, 0.1) is 0 Å². The van der Waals surface area contributed by atoms with Crippen LogP contribution in [0.2, 0.25) is 0 Å². The first-order valence-corrected chi connectivity index (χ1v) is 5.86. The molecule has 0 saturated carbocycles. The van der Waals surface area contributed by atoms with Gasteiger partial charge in [0, 0.05) is 12.6 Å². The summed E-state index contributed by atoms with van der Waals surface area (Å²) in [4.78, 5) is 24.2. The van der Waals surface area contributed by atoms with Crippen molar-refractivity contribution in [1.29, 1.82) is 0 Å². The maximum Gasteiger partial charge on any atom is 0.325 e. The zero-order chi connectivity index (χ0) is 12.1. The van der Waals surface area contributed by atoms with Gasteiger partial charge in [0.2, 0.25) is 0 Å². The summed E-state index contributed by atoms with van der Waals surface area (Å²) in [6.45, 7) is 4.26. The van der Waals surface area contributed by atoms with Crippen molar-refractivity contribution < 1.29 is 14.7 Å². The molecule has 2 atom stereocenters. The summed E-state index contributed by atoms with van der Waals surface area (Å²) in [5, 5.41) is 11.2. The average Bonchev–Trinajstić information content (AvgIpc) is 2.28. The van der Waals surface area contributed by atoms with E-state index in [-0.39, 0.29) is 12.1 Å². The van der Waals surface area contributed by atoms with Crippen LogP contribution >= 0.6 is 0 Å². The molecule has 1 fully saturated rings. The number of hydrogen-bond acceptors (Lipinski definition) is 2. The second-order valence-electron chi connectivity index (χ2n) is 4.26. The minimum Gasteiger partial charge on any atom is -0.480 e. The van der Waals surface area contributed by atoms with Crippen molar-refractivity contribution in [2.24, 2.45) is 0 Å². The van der Waals surface area contributed by atoms with Crippen molar-refractivity contribution in [2.75, 3.05) is 6.54 Å². The molecular weight excluding hydrogens is 208 g/mol. The van der Waals surface area contributed by atoms with Gasteiger partial charge < -0.3 is 15.3 Å². The van der Waals surface area contributed by atoms with E-state index in [0.717, 1.165) is 32.2 Å². The Labute approximate surface area is 95.8 Å². The number of likely N-dealkylation sites (tertiary alicyclic amines) is 1. The van der Waals surface area contributed by atoms with E-state index < -0.39 is 12.0 Å². The molecule has 0 aromatic carbocycles. The van der Waals surface area contributed by atoms with Crippen molar-refractivity contribution in [2.45, 2.75) is 51.6 Å². The standard InChI is InChI=1S/C11H20N2O3/c1-3-9-6-4-5-7-13(9)11(16)12-8(2)10(14)15/h8-9H,3-7H2,1-2H3,(H,12,16)(H,14,15)/t8-,9-/m0/s1. The minimum absolute atomic E-state index is 0.249. The summed E-state index contributed by atoms with van der Waals surface area (Å²) < 4.78 is 0. The largest absolute Gasteiger partial charge is 0.480 e. The van der Waals surface area contributed by atoms with Crippen molar-refractivity contribution in [3.8, 4) is 0 Å². The fourth-order valence-corrected chi connectivity index (χ4v) is 2.02. The molecule has 5 nitrogen and oxygen atoms in total. The fourth-order valence-electron chi connectivity index (χ4n) is 2.02. The molecular formula is C11H20N2O3. The number of urea groups is 1. The molecule has 2 N–H and O–H groups in total. The molecule has 0 aromatic rings. The molecule has 1 aliphatic rings. The first-order chi connectivity index (χ1) is 7.56. The van der Waals surface area contributed by atoms with E-state index in [4.69, 9.17) is 5.11 Å². The Balaban J connectivity index is 2.54. The van der Waals surface area contributed by atoms with Crippen LogP contribution in [0.5, 0.6) is 0 Å². The Bertz CT molecular complexity index is 268. The highest BCUT2D eigenvalue weighted by Crippen LogP contribution is 2.19. The zero-order valence-corrected chi connectivity index (χ0v) is 9.90. The third-order valence-electron chi connectivity index (χ3n) is 3.07. The first-order valence-electron chi connectivity index (χ1n) is 5.86. The molecule has 0 unspecified atom stereocenters. The Hall–Kier alpha value is -1.26. The van der Waals surface area contributed by atoms with E-state index in [1.165, 1.54) is 6.92 Å². The highest BCUT2D eigenvalue weighted by Gasteiger charge is 2.26. The van der Waals surface area contributed by atoms with Gasteiger partial charge >= 0.3 is 12.0 Å². The number of nitrogens with zero attached hydrogens (tertiary/aromatic N) is 1. The van der Waals surface area contributed by atoms with Crippen molar-refractivity contribution in [3.05, 3.63) is 0 Å². The predicted molar refractivity (Wildman–Crippen MR) is 60.3 cm³/mol. The quantitative estimate of drug-likeness (QED) is 0.767. The van der Waals surface area contributed by atoms with Crippen molar-refractivity contribution in [1.82, 2.24) is 10.2 Å². The number of rotatable bonds is 3. The summed E-state index contributed by atoms with van der Waals surface area (Å²) in [5.41, 5.74) is 0. The Morgan fingerprint density at radius 1 is 1.50 bits per heavy atom. The van der Waals surface area contributed by atoms with E-state index in [1.807, 2.05) is 0 Å². The second kappa shape index (κ2) is 5.72. The monoisotopic (exact) mass is 228 g/mol. The smallest absolute Gasteiger partial charge is 0.325 e. The molecule has 1 heterocycles. The minimum atomic E-state index is -1.00. The van der Waals surface area contributed by atoms with Gasteiger partial charge in [-0.05, 0) is 32.6 Å². The SMILES string of the molecule is CC[C@H]1CCCCN1C(=O)N[C@@H](C)C(=O)O. The third-order valence-corrected chi connectivity index (χ3v) is 3.07. The molecule has 2 amide bonds. The van der Waals surface area contributed by atoms with Crippen LogP contribution in [0.3, 0.4) is 0 Å².